The van der Waals surface area contributed by atoms with Gasteiger partial charge in [0.05, 0.1) is 0 Å². The number of rotatable bonds is 4. The molecule has 2 rings (SSSR count). The second kappa shape index (κ2) is 8.43. The van der Waals surface area contributed by atoms with E-state index in [1.807, 2.05) is 64.1 Å². The molecule has 0 amide bonds. The minimum atomic E-state index is -3.63. The van der Waals surface area contributed by atoms with Crippen LogP contribution in [0.2, 0.25) is 0 Å². The summed E-state index contributed by atoms with van der Waals surface area (Å²) in [6.07, 6.45) is 0. The summed E-state index contributed by atoms with van der Waals surface area (Å²) in [5, 5.41) is 0. The van der Waals surface area contributed by atoms with Crippen molar-refractivity contribution >= 4 is 28.5 Å². The molecule has 0 heterocycles. The summed E-state index contributed by atoms with van der Waals surface area (Å²) in [7, 11) is 0. The molecule has 0 aromatic heterocycles. The minimum Gasteiger partial charge on any atom is -0.783 e. The molecule has 0 atom stereocenters. The summed E-state index contributed by atoms with van der Waals surface area (Å²) in [5.74, 6) is -3.63. The molecule has 0 aliphatic carbocycles. The third-order valence-electron chi connectivity index (χ3n) is 2.82. The monoisotopic (exact) mass is 360 g/mol. The van der Waals surface area contributed by atoms with Gasteiger partial charge in [0, 0.05) is 9.79 Å². The Morgan fingerprint density at radius 1 is 0.727 bits per heavy atom. The van der Waals surface area contributed by atoms with Gasteiger partial charge in [0.2, 0.25) is 0 Å². The third kappa shape index (κ3) is 6.45. The summed E-state index contributed by atoms with van der Waals surface area (Å²) in [6, 6.07) is 11.7. The molecule has 22 heavy (non-hydrogen) atoms. The van der Waals surface area contributed by atoms with Crippen molar-refractivity contribution in [2.75, 3.05) is 0 Å². The fraction of sp³-hybridized carbons (Fsp3) is 0.250. The zero-order valence-electron chi connectivity index (χ0n) is 13.5. The van der Waals surface area contributed by atoms with Crippen LogP contribution in [0.3, 0.4) is 0 Å². The van der Waals surface area contributed by atoms with E-state index in [0.717, 1.165) is 54.8 Å². The van der Waals surface area contributed by atoms with Crippen molar-refractivity contribution in [3.8, 4) is 0 Å². The Labute approximate surface area is 162 Å². The van der Waals surface area contributed by atoms with Crippen LogP contribution < -0.4 is 34.5 Å². The molecule has 0 N–H and O–H groups in total. The van der Waals surface area contributed by atoms with Crippen LogP contribution in [0, 0.1) is 27.7 Å². The first-order chi connectivity index (χ1) is 9.73. The Hall–Kier alpha value is 0.330. The maximum Gasteiger partial charge on any atom is 1.00 e. The number of aryl methyl sites for hydroxylation is 4. The Morgan fingerprint density at radius 2 is 1.00 bits per heavy atom. The van der Waals surface area contributed by atoms with Crippen molar-refractivity contribution in [1.82, 2.24) is 0 Å². The summed E-state index contributed by atoms with van der Waals surface area (Å²) in [4.78, 5) is 13.9. The summed E-state index contributed by atoms with van der Waals surface area (Å²) in [5.41, 5.74) is 4.31. The Balaban J connectivity index is 0.00000242. The van der Waals surface area contributed by atoms with Gasteiger partial charge < -0.3 is 9.46 Å². The molecule has 0 spiro atoms. The number of hydrogen-bond donors (Lipinski definition) is 0. The van der Waals surface area contributed by atoms with Gasteiger partial charge in [-0.2, -0.15) is 0 Å². The van der Waals surface area contributed by atoms with Crippen LogP contribution in [0.25, 0.3) is 0 Å². The van der Waals surface area contributed by atoms with E-state index in [1.165, 1.54) is 0 Å². The minimum absolute atomic E-state index is 0. The maximum absolute atomic E-state index is 12.4. The fourth-order valence-corrected chi connectivity index (χ4v) is 7.93. The normalized spacial score (nSPS) is 11.1. The summed E-state index contributed by atoms with van der Waals surface area (Å²) < 4.78 is 12.4. The zero-order chi connectivity index (χ0) is 15.6. The molecule has 112 valence electrons. The van der Waals surface area contributed by atoms with Gasteiger partial charge in [-0.3, -0.25) is 0 Å². The van der Waals surface area contributed by atoms with Gasteiger partial charge in [-0.05, 0) is 74.2 Å². The van der Waals surface area contributed by atoms with E-state index in [2.05, 4.69) is 0 Å². The molecule has 0 radical (unpaired) electrons. The molecule has 0 fully saturated rings. The molecule has 0 saturated carbocycles. The average Bonchev–Trinajstić information content (AvgIpc) is 2.23. The Kier molecular flexibility index (Phi) is 7.81. The van der Waals surface area contributed by atoms with Crippen molar-refractivity contribution < 1.29 is 39.0 Å². The topological polar surface area (TPSA) is 40.1 Å². The van der Waals surface area contributed by atoms with Crippen molar-refractivity contribution in [1.29, 1.82) is 0 Å². The molecule has 0 bridgehead atoms. The first kappa shape index (κ1) is 20.4. The van der Waals surface area contributed by atoms with E-state index < -0.39 is 5.77 Å². The largest absolute Gasteiger partial charge is 1.00 e. The first-order valence-corrected chi connectivity index (χ1v) is 11.1. The number of benzene rings is 2. The number of hydrogen-bond acceptors (Lipinski definition) is 4. The first-order valence-electron chi connectivity index (χ1n) is 6.60. The standard InChI is InChI=1S/C16H19O2PS2.Na/c1-11-5-12(2)8-15(7-11)20-19(17,18)21-16-9-13(3)6-14(4)10-16;/h5-10H,1-4H3,(H,17,18);/q;+1/p-1. The molecule has 6 heteroatoms. The van der Waals surface area contributed by atoms with Crippen molar-refractivity contribution in [3.63, 3.8) is 0 Å². The van der Waals surface area contributed by atoms with Crippen molar-refractivity contribution in [3.05, 3.63) is 58.7 Å². The second-order valence-corrected chi connectivity index (χ2v) is 12.2. The van der Waals surface area contributed by atoms with Gasteiger partial charge in [0.25, 0.3) is 0 Å². The average molecular weight is 360 g/mol. The molecular formula is C16H18NaO2PS2. The molecule has 2 aromatic carbocycles. The third-order valence-corrected chi connectivity index (χ3v) is 8.11. The van der Waals surface area contributed by atoms with Crippen LogP contribution in [0.4, 0.5) is 0 Å². The van der Waals surface area contributed by atoms with E-state index in [0.29, 0.717) is 0 Å². The predicted octanol–water partition coefficient (Wildman–Crippen LogP) is 2.28. The summed E-state index contributed by atoms with van der Waals surface area (Å²) >= 11 is 1.89. The molecule has 2 nitrogen and oxygen atoms in total. The van der Waals surface area contributed by atoms with E-state index in [4.69, 9.17) is 0 Å². The van der Waals surface area contributed by atoms with Gasteiger partial charge in [-0.25, -0.2) is 0 Å². The molecule has 0 saturated heterocycles. The van der Waals surface area contributed by atoms with Crippen LogP contribution in [0.5, 0.6) is 0 Å². The maximum atomic E-state index is 12.4. The molecule has 0 aliphatic heterocycles. The van der Waals surface area contributed by atoms with Crippen LogP contribution in [-0.4, -0.2) is 0 Å². The van der Waals surface area contributed by atoms with Crippen LogP contribution >= 0.6 is 28.5 Å². The Bertz CT molecular complexity index is 621. The van der Waals surface area contributed by atoms with E-state index in [1.54, 1.807) is 0 Å². The second-order valence-electron chi connectivity index (χ2n) is 5.28. The van der Waals surface area contributed by atoms with Crippen LogP contribution in [0.15, 0.2) is 46.2 Å². The Morgan fingerprint density at radius 3 is 1.27 bits per heavy atom. The smallest absolute Gasteiger partial charge is 0.783 e. The molecule has 2 aromatic rings. The zero-order valence-corrected chi connectivity index (χ0v) is 18.1. The van der Waals surface area contributed by atoms with Crippen molar-refractivity contribution in [2.24, 2.45) is 0 Å². The quantitative estimate of drug-likeness (QED) is 0.620. The van der Waals surface area contributed by atoms with Crippen LogP contribution in [0.1, 0.15) is 22.3 Å². The van der Waals surface area contributed by atoms with E-state index in [-0.39, 0.29) is 29.6 Å². The van der Waals surface area contributed by atoms with Gasteiger partial charge in [0.15, 0.2) is 0 Å². The van der Waals surface area contributed by atoms with Gasteiger partial charge in [-0.15, -0.1) is 0 Å². The molecule has 0 aliphatic rings. The predicted molar refractivity (Wildman–Crippen MR) is 91.2 cm³/mol. The molecular weight excluding hydrogens is 342 g/mol. The van der Waals surface area contributed by atoms with Crippen LogP contribution in [-0.2, 0) is 4.57 Å². The van der Waals surface area contributed by atoms with Gasteiger partial charge >= 0.3 is 29.6 Å². The van der Waals surface area contributed by atoms with Gasteiger partial charge in [0.1, 0.15) is 5.77 Å². The van der Waals surface area contributed by atoms with E-state index in [9.17, 15) is 9.46 Å². The SMILES string of the molecule is Cc1cc(C)cc(SP(=O)([O-])Sc2cc(C)cc(C)c2)c1.[Na+]. The van der Waals surface area contributed by atoms with Gasteiger partial charge in [-0.1, -0.05) is 34.9 Å². The fourth-order valence-electron chi connectivity index (χ4n) is 2.25. The summed E-state index contributed by atoms with van der Waals surface area (Å²) in [6.45, 7) is 7.90. The molecule has 0 unspecified atom stereocenters. The van der Waals surface area contributed by atoms with Crippen molar-refractivity contribution in [2.45, 2.75) is 37.5 Å². The van der Waals surface area contributed by atoms with E-state index >= 15 is 0 Å².